The molecule has 2 rings (SSSR count). The number of rotatable bonds is 2. The van der Waals surface area contributed by atoms with E-state index in [0.29, 0.717) is 6.42 Å². The van der Waals surface area contributed by atoms with Crippen molar-refractivity contribution in [3.8, 4) is 11.5 Å². The maximum atomic E-state index is 9.58. The highest BCUT2D eigenvalue weighted by Crippen LogP contribution is 2.24. The zero-order valence-corrected chi connectivity index (χ0v) is 8.22. The third-order valence-corrected chi connectivity index (χ3v) is 2.36. The fourth-order valence-electron chi connectivity index (χ4n) is 1.53. The zero-order valence-electron chi connectivity index (χ0n) is 8.22. The first kappa shape index (κ1) is 12.1. The van der Waals surface area contributed by atoms with Gasteiger partial charge in [0.15, 0.2) is 0 Å². The second kappa shape index (κ2) is 5.21. The molecule has 0 spiro atoms. The summed E-state index contributed by atoms with van der Waals surface area (Å²) in [5, 5.41) is 19.2. The normalized spacial score (nSPS) is 9.50. The van der Waals surface area contributed by atoms with Crippen molar-refractivity contribution in [2.24, 2.45) is 0 Å². The second-order valence-corrected chi connectivity index (χ2v) is 3.43. The SMILES string of the molecule is C.Oc1ccccc1Cc1ccccc1O. The highest BCUT2D eigenvalue weighted by molar-refractivity contribution is 5.41. The molecule has 0 bridgehead atoms. The molecule has 2 aromatic carbocycles. The van der Waals surface area contributed by atoms with E-state index in [4.69, 9.17) is 0 Å². The molecule has 2 heteroatoms. The van der Waals surface area contributed by atoms with Crippen LogP contribution in [0, 0.1) is 0 Å². The van der Waals surface area contributed by atoms with Crippen LogP contribution in [0.1, 0.15) is 18.6 Å². The van der Waals surface area contributed by atoms with E-state index in [1.807, 2.05) is 24.3 Å². The predicted molar refractivity (Wildman–Crippen MR) is 65.8 cm³/mol. The van der Waals surface area contributed by atoms with Crippen LogP contribution >= 0.6 is 0 Å². The fourth-order valence-corrected chi connectivity index (χ4v) is 1.53. The van der Waals surface area contributed by atoms with Crippen LogP contribution in [-0.4, -0.2) is 10.2 Å². The smallest absolute Gasteiger partial charge is 0.119 e. The van der Waals surface area contributed by atoms with Crippen molar-refractivity contribution in [2.45, 2.75) is 13.8 Å². The molecule has 0 saturated carbocycles. The molecular weight excluding hydrogens is 200 g/mol. The van der Waals surface area contributed by atoms with Crippen LogP contribution in [0.3, 0.4) is 0 Å². The number of phenolic OH excluding ortho intramolecular Hbond substituents is 2. The molecule has 2 nitrogen and oxygen atoms in total. The molecule has 2 N–H and O–H groups in total. The molecule has 0 unspecified atom stereocenters. The van der Waals surface area contributed by atoms with E-state index in [-0.39, 0.29) is 18.9 Å². The van der Waals surface area contributed by atoms with Crippen LogP contribution in [-0.2, 0) is 6.42 Å². The van der Waals surface area contributed by atoms with Gasteiger partial charge in [0, 0.05) is 6.42 Å². The molecule has 0 saturated heterocycles. The van der Waals surface area contributed by atoms with Gasteiger partial charge in [0.05, 0.1) is 0 Å². The molecule has 0 heterocycles. The third kappa shape index (κ3) is 2.54. The van der Waals surface area contributed by atoms with Crippen molar-refractivity contribution >= 4 is 0 Å². The Kier molecular flexibility index (Phi) is 3.95. The molecular formula is C14H16O2. The van der Waals surface area contributed by atoms with E-state index in [0.717, 1.165) is 11.1 Å². The number of benzene rings is 2. The topological polar surface area (TPSA) is 40.5 Å². The molecule has 0 amide bonds. The first-order chi connectivity index (χ1) is 7.27. The average molecular weight is 216 g/mol. The fraction of sp³-hybridized carbons (Fsp3) is 0.143. The van der Waals surface area contributed by atoms with Crippen LogP contribution in [0.2, 0.25) is 0 Å². The average Bonchev–Trinajstić information content (AvgIpc) is 2.24. The Labute approximate surface area is 95.8 Å². The van der Waals surface area contributed by atoms with E-state index in [1.165, 1.54) is 0 Å². The summed E-state index contributed by atoms with van der Waals surface area (Å²) in [7, 11) is 0. The van der Waals surface area contributed by atoms with E-state index >= 15 is 0 Å². The van der Waals surface area contributed by atoms with Gasteiger partial charge in [-0.25, -0.2) is 0 Å². The Morgan fingerprint density at radius 3 is 1.44 bits per heavy atom. The first-order valence-corrected chi connectivity index (χ1v) is 4.81. The van der Waals surface area contributed by atoms with Crippen molar-refractivity contribution in [3.05, 3.63) is 59.7 Å². The Bertz CT molecular complexity index is 420. The van der Waals surface area contributed by atoms with Crippen LogP contribution < -0.4 is 0 Å². The third-order valence-electron chi connectivity index (χ3n) is 2.36. The molecule has 0 aromatic heterocycles. The molecule has 0 radical (unpaired) electrons. The van der Waals surface area contributed by atoms with E-state index in [1.54, 1.807) is 24.3 Å². The van der Waals surface area contributed by atoms with Gasteiger partial charge in [0.2, 0.25) is 0 Å². The van der Waals surface area contributed by atoms with Gasteiger partial charge in [-0.15, -0.1) is 0 Å². The lowest BCUT2D eigenvalue weighted by molar-refractivity contribution is 0.463. The number of aromatic hydroxyl groups is 2. The van der Waals surface area contributed by atoms with Crippen LogP contribution in [0.4, 0.5) is 0 Å². The lowest BCUT2D eigenvalue weighted by Gasteiger charge is -2.05. The number of hydrogen-bond acceptors (Lipinski definition) is 2. The Morgan fingerprint density at radius 2 is 1.06 bits per heavy atom. The molecule has 0 aliphatic rings. The van der Waals surface area contributed by atoms with E-state index in [2.05, 4.69) is 0 Å². The van der Waals surface area contributed by atoms with Crippen molar-refractivity contribution in [3.63, 3.8) is 0 Å². The maximum absolute atomic E-state index is 9.58. The molecule has 0 fully saturated rings. The van der Waals surface area contributed by atoms with Gasteiger partial charge in [0.1, 0.15) is 11.5 Å². The van der Waals surface area contributed by atoms with Gasteiger partial charge in [-0.3, -0.25) is 0 Å². The highest BCUT2D eigenvalue weighted by Gasteiger charge is 2.04. The summed E-state index contributed by atoms with van der Waals surface area (Å²) in [5.74, 6) is 0.529. The molecule has 2 aromatic rings. The van der Waals surface area contributed by atoms with Gasteiger partial charge in [0.25, 0.3) is 0 Å². The lowest BCUT2D eigenvalue weighted by Crippen LogP contribution is -1.88. The summed E-state index contributed by atoms with van der Waals surface area (Å²) in [6.07, 6.45) is 0.541. The summed E-state index contributed by atoms with van der Waals surface area (Å²) in [4.78, 5) is 0. The minimum Gasteiger partial charge on any atom is -0.508 e. The molecule has 16 heavy (non-hydrogen) atoms. The first-order valence-electron chi connectivity index (χ1n) is 4.81. The van der Waals surface area contributed by atoms with Gasteiger partial charge in [-0.1, -0.05) is 43.8 Å². The number of phenols is 2. The van der Waals surface area contributed by atoms with Crippen molar-refractivity contribution < 1.29 is 10.2 Å². The zero-order chi connectivity index (χ0) is 10.7. The van der Waals surface area contributed by atoms with Gasteiger partial charge in [-0.05, 0) is 23.3 Å². The summed E-state index contributed by atoms with van der Waals surface area (Å²) in [5.41, 5.74) is 1.64. The molecule has 84 valence electrons. The van der Waals surface area contributed by atoms with Crippen molar-refractivity contribution in [2.75, 3.05) is 0 Å². The van der Waals surface area contributed by atoms with E-state index < -0.39 is 0 Å². The Balaban J connectivity index is 0.00000128. The minimum atomic E-state index is 0. The van der Waals surface area contributed by atoms with Crippen LogP contribution in [0.5, 0.6) is 11.5 Å². The molecule has 0 aliphatic heterocycles. The number of hydrogen-bond donors (Lipinski definition) is 2. The largest absolute Gasteiger partial charge is 0.508 e. The van der Waals surface area contributed by atoms with Gasteiger partial charge >= 0.3 is 0 Å². The quantitative estimate of drug-likeness (QED) is 0.808. The monoisotopic (exact) mass is 216 g/mol. The number of para-hydroxylation sites is 2. The van der Waals surface area contributed by atoms with Gasteiger partial charge < -0.3 is 10.2 Å². The summed E-state index contributed by atoms with van der Waals surface area (Å²) >= 11 is 0. The standard InChI is InChI=1S/C13H12O2.CH4/c14-12-7-3-1-5-10(12)9-11-6-2-4-8-13(11)15;/h1-8,14-15H,9H2;1H4. The van der Waals surface area contributed by atoms with Crippen molar-refractivity contribution in [1.82, 2.24) is 0 Å². The maximum Gasteiger partial charge on any atom is 0.119 e. The lowest BCUT2D eigenvalue weighted by atomic mass is 10.0. The summed E-state index contributed by atoms with van der Waals surface area (Å²) in [6.45, 7) is 0. The molecule has 0 atom stereocenters. The highest BCUT2D eigenvalue weighted by atomic mass is 16.3. The summed E-state index contributed by atoms with van der Waals surface area (Å²) < 4.78 is 0. The Hall–Kier alpha value is -1.96. The summed E-state index contributed by atoms with van der Waals surface area (Å²) in [6, 6.07) is 14.3. The second-order valence-electron chi connectivity index (χ2n) is 3.43. The van der Waals surface area contributed by atoms with E-state index in [9.17, 15) is 10.2 Å². The predicted octanol–water partition coefficient (Wildman–Crippen LogP) is 3.32. The van der Waals surface area contributed by atoms with Gasteiger partial charge in [-0.2, -0.15) is 0 Å². The minimum absolute atomic E-state index is 0. The molecule has 0 aliphatic carbocycles. The van der Waals surface area contributed by atoms with Crippen molar-refractivity contribution in [1.29, 1.82) is 0 Å². The Morgan fingerprint density at radius 1 is 0.688 bits per heavy atom. The van der Waals surface area contributed by atoms with Crippen LogP contribution in [0.15, 0.2) is 48.5 Å². The van der Waals surface area contributed by atoms with Crippen LogP contribution in [0.25, 0.3) is 0 Å².